The second kappa shape index (κ2) is 8.30. The van der Waals surface area contributed by atoms with Gasteiger partial charge in [-0.2, -0.15) is 0 Å². The van der Waals surface area contributed by atoms with Gasteiger partial charge in [0, 0.05) is 5.69 Å². The molecule has 0 aliphatic carbocycles. The van der Waals surface area contributed by atoms with Crippen molar-refractivity contribution in [1.82, 2.24) is 10.2 Å². The van der Waals surface area contributed by atoms with Crippen LogP contribution in [0.15, 0.2) is 54.6 Å². The Morgan fingerprint density at radius 2 is 1.71 bits per heavy atom. The molecule has 0 saturated heterocycles. The number of amides is 1. The third kappa shape index (κ3) is 4.32. The molecule has 142 valence electrons. The van der Waals surface area contributed by atoms with E-state index >= 15 is 0 Å². The molecule has 1 amide bonds. The molecule has 0 unspecified atom stereocenters. The molecule has 1 heterocycles. The van der Waals surface area contributed by atoms with Crippen LogP contribution in [0.3, 0.4) is 0 Å². The van der Waals surface area contributed by atoms with Crippen LogP contribution in [0, 0.1) is 13.8 Å². The van der Waals surface area contributed by atoms with Gasteiger partial charge in [0.25, 0.3) is 5.91 Å². The summed E-state index contributed by atoms with van der Waals surface area (Å²) in [6.45, 7) is 4.08. The van der Waals surface area contributed by atoms with Crippen LogP contribution in [-0.4, -0.2) is 29.2 Å². The van der Waals surface area contributed by atoms with Gasteiger partial charge in [-0.1, -0.05) is 18.2 Å². The van der Waals surface area contributed by atoms with E-state index in [-0.39, 0.29) is 11.3 Å². The fourth-order valence-corrected chi connectivity index (χ4v) is 2.55. The molecule has 0 aliphatic heterocycles. The average molecular weight is 376 g/mol. The van der Waals surface area contributed by atoms with E-state index in [9.17, 15) is 9.59 Å². The van der Waals surface area contributed by atoms with E-state index in [2.05, 4.69) is 20.8 Å². The van der Waals surface area contributed by atoms with Gasteiger partial charge in [-0.25, -0.2) is 4.79 Å². The largest absolute Gasteiger partial charge is 0.465 e. The molecule has 0 saturated carbocycles. The highest BCUT2D eigenvalue weighted by Gasteiger charge is 2.15. The number of aromatic nitrogens is 2. The summed E-state index contributed by atoms with van der Waals surface area (Å²) in [5, 5.41) is 13.8. The SMILES string of the molecule is COC(=O)c1ccccc1NC(=O)c1ccc(Nc2ccc(C)c(C)c2)nn1. The van der Waals surface area contributed by atoms with Crippen LogP contribution in [0.25, 0.3) is 0 Å². The second-order valence-electron chi connectivity index (χ2n) is 6.22. The predicted octanol–water partition coefficient (Wildman–Crippen LogP) is 3.88. The number of nitrogens with one attached hydrogen (secondary N) is 2. The topological polar surface area (TPSA) is 93.2 Å². The molecule has 0 atom stereocenters. The fraction of sp³-hybridized carbons (Fsp3) is 0.143. The summed E-state index contributed by atoms with van der Waals surface area (Å²) in [5.41, 5.74) is 4.00. The van der Waals surface area contributed by atoms with Crippen LogP contribution in [0.2, 0.25) is 0 Å². The van der Waals surface area contributed by atoms with Gasteiger partial charge in [0.05, 0.1) is 18.4 Å². The number of esters is 1. The third-order valence-electron chi connectivity index (χ3n) is 4.26. The predicted molar refractivity (Wildman–Crippen MR) is 107 cm³/mol. The van der Waals surface area contributed by atoms with Crippen LogP contribution >= 0.6 is 0 Å². The van der Waals surface area contributed by atoms with E-state index in [4.69, 9.17) is 4.74 Å². The van der Waals surface area contributed by atoms with Crippen molar-refractivity contribution in [1.29, 1.82) is 0 Å². The molecule has 3 rings (SSSR count). The first-order chi connectivity index (χ1) is 13.5. The number of nitrogens with zero attached hydrogens (tertiary/aromatic N) is 2. The van der Waals surface area contributed by atoms with Gasteiger partial charge in [-0.15, -0.1) is 10.2 Å². The highest BCUT2D eigenvalue weighted by molar-refractivity contribution is 6.07. The Kier molecular flexibility index (Phi) is 5.64. The Morgan fingerprint density at radius 1 is 0.929 bits per heavy atom. The lowest BCUT2D eigenvalue weighted by Gasteiger charge is -2.10. The first-order valence-corrected chi connectivity index (χ1v) is 8.64. The molecule has 28 heavy (non-hydrogen) atoms. The number of rotatable bonds is 5. The number of anilines is 3. The highest BCUT2D eigenvalue weighted by atomic mass is 16.5. The number of ether oxygens (including phenoxy) is 1. The average Bonchev–Trinajstić information content (AvgIpc) is 2.71. The molecule has 7 heteroatoms. The molecular formula is C21H20N4O3. The summed E-state index contributed by atoms with van der Waals surface area (Å²) in [6, 6.07) is 15.8. The van der Waals surface area contributed by atoms with Crippen molar-refractivity contribution >= 4 is 29.1 Å². The number of benzene rings is 2. The first-order valence-electron chi connectivity index (χ1n) is 8.64. The number of para-hydroxylation sites is 1. The molecule has 2 N–H and O–H groups in total. The maximum Gasteiger partial charge on any atom is 0.339 e. The van der Waals surface area contributed by atoms with Gasteiger partial charge in [0.15, 0.2) is 11.5 Å². The number of methoxy groups -OCH3 is 1. The van der Waals surface area contributed by atoms with Crippen molar-refractivity contribution in [3.63, 3.8) is 0 Å². The summed E-state index contributed by atoms with van der Waals surface area (Å²) < 4.78 is 4.73. The number of hydrogen-bond donors (Lipinski definition) is 2. The monoisotopic (exact) mass is 376 g/mol. The van der Waals surface area contributed by atoms with E-state index in [1.807, 2.05) is 32.0 Å². The second-order valence-corrected chi connectivity index (χ2v) is 6.22. The van der Waals surface area contributed by atoms with Gasteiger partial charge in [-0.3, -0.25) is 4.79 Å². The summed E-state index contributed by atoms with van der Waals surface area (Å²) in [5.74, 6) is -0.480. The Morgan fingerprint density at radius 3 is 2.39 bits per heavy atom. The van der Waals surface area contributed by atoms with E-state index in [0.29, 0.717) is 11.5 Å². The summed E-state index contributed by atoms with van der Waals surface area (Å²) >= 11 is 0. The first kappa shape index (κ1) is 19.0. The summed E-state index contributed by atoms with van der Waals surface area (Å²) in [4.78, 5) is 24.2. The van der Waals surface area contributed by atoms with Crippen molar-refractivity contribution in [2.24, 2.45) is 0 Å². The van der Waals surface area contributed by atoms with Gasteiger partial charge >= 0.3 is 5.97 Å². The van der Waals surface area contributed by atoms with Gasteiger partial charge < -0.3 is 15.4 Å². The van der Waals surface area contributed by atoms with Crippen molar-refractivity contribution in [3.8, 4) is 0 Å². The zero-order valence-electron chi connectivity index (χ0n) is 15.8. The zero-order valence-corrected chi connectivity index (χ0v) is 15.8. The Balaban J connectivity index is 1.72. The third-order valence-corrected chi connectivity index (χ3v) is 4.26. The van der Waals surface area contributed by atoms with Crippen LogP contribution in [0.1, 0.15) is 32.0 Å². The molecular weight excluding hydrogens is 356 g/mol. The minimum Gasteiger partial charge on any atom is -0.465 e. The quantitative estimate of drug-likeness (QED) is 0.657. The Hall–Kier alpha value is -3.74. The number of carbonyl (C=O) groups is 2. The molecule has 0 radical (unpaired) electrons. The minimum absolute atomic E-state index is 0.130. The molecule has 0 aliphatic rings. The number of aryl methyl sites for hydroxylation is 2. The molecule has 2 aromatic carbocycles. The normalized spacial score (nSPS) is 10.2. The lowest BCUT2D eigenvalue weighted by atomic mass is 10.1. The van der Waals surface area contributed by atoms with E-state index < -0.39 is 11.9 Å². The summed E-state index contributed by atoms with van der Waals surface area (Å²) in [7, 11) is 1.29. The standard InChI is InChI=1S/C21H20N4O3/c1-13-8-9-15(12-14(13)2)22-19-11-10-18(24-25-19)20(26)23-17-7-5-4-6-16(17)21(27)28-3/h4-12H,1-3H3,(H,22,25)(H,23,26). The van der Waals surface area contributed by atoms with Gasteiger partial charge in [0.1, 0.15) is 0 Å². The molecule has 7 nitrogen and oxygen atoms in total. The smallest absolute Gasteiger partial charge is 0.339 e. The molecule has 3 aromatic rings. The van der Waals surface area contributed by atoms with E-state index in [1.54, 1.807) is 36.4 Å². The van der Waals surface area contributed by atoms with E-state index in [0.717, 1.165) is 5.69 Å². The lowest BCUT2D eigenvalue weighted by molar-refractivity contribution is 0.0602. The van der Waals surface area contributed by atoms with Gasteiger partial charge in [-0.05, 0) is 61.4 Å². The Labute approximate surface area is 162 Å². The molecule has 0 fully saturated rings. The highest BCUT2D eigenvalue weighted by Crippen LogP contribution is 2.19. The van der Waals surface area contributed by atoms with Crippen molar-refractivity contribution in [2.75, 3.05) is 17.7 Å². The molecule has 1 aromatic heterocycles. The van der Waals surface area contributed by atoms with Crippen LogP contribution in [0.5, 0.6) is 0 Å². The maximum absolute atomic E-state index is 12.4. The number of carbonyl (C=O) groups excluding carboxylic acids is 2. The maximum atomic E-state index is 12.4. The molecule has 0 bridgehead atoms. The van der Waals surface area contributed by atoms with Crippen molar-refractivity contribution in [3.05, 3.63) is 77.0 Å². The summed E-state index contributed by atoms with van der Waals surface area (Å²) in [6.07, 6.45) is 0. The zero-order chi connectivity index (χ0) is 20.1. The van der Waals surface area contributed by atoms with Crippen LogP contribution < -0.4 is 10.6 Å². The van der Waals surface area contributed by atoms with Crippen LogP contribution in [0.4, 0.5) is 17.2 Å². The fourth-order valence-electron chi connectivity index (χ4n) is 2.55. The Bertz CT molecular complexity index is 1020. The minimum atomic E-state index is -0.532. The van der Waals surface area contributed by atoms with E-state index in [1.165, 1.54) is 18.2 Å². The van der Waals surface area contributed by atoms with Crippen molar-refractivity contribution < 1.29 is 14.3 Å². The van der Waals surface area contributed by atoms with Crippen molar-refractivity contribution in [2.45, 2.75) is 13.8 Å². The van der Waals surface area contributed by atoms with Crippen LogP contribution in [-0.2, 0) is 4.74 Å². The van der Waals surface area contributed by atoms with Gasteiger partial charge in [0.2, 0.25) is 0 Å². The lowest BCUT2D eigenvalue weighted by Crippen LogP contribution is -2.17. The number of hydrogen-bond acceptors (Lipinski definition) is 6. The molecule has 0 spiro atoms.